The van der Waals surface area contributed by atoms with Crippen LogP contribution < -0.4 is 5.48 Å². The van der Waals surface area contributed by atoms with E-state index in [9.17, 15) is 20.4 Å². The molecule has 5 N–H and O–H groups in total. The minimum absolute atomic E-state index is 0.0221. The molecule has 8 nitrogen and oxygen atoms in total. The average molecular weight is 534 g/mol. The standard InChI is InChI=1S/C29H59NO7/c1-3-4-5-6-7-8-9-10-11-12-13-14-15-16-17-18-19-20-21-30-37-28-27(35-23-24(2)32)26(33)25(22-31)36-29(28)34/h24-34H,3-23H2,1-2H3/t24?,25-,26+,27+,28-,29-/m1/s1. The highest BCUT2D eigenvalue weighted by Gasteiger charge is 2.46. The molecule has 1 aliphatic heterocycles. The summed E-state index contributed by atoms with van der Waals surface area (Å²) in [5.41, 5.74) is 2.86. The maximum absolute atomic E-state index is 10.4. The summed E-state index contributed by atoms with van der Waals surface area (Å²) in [5, 5.41) is 39.5. The Morgan fingerprint density at radius 2 is 1.19 bits per heavy atom. The second kappa shape index (κ2) is 23.6. The van der Waals surface area contributed by atoms with E-state index in [0.29, 0.717) is 6.54 Å². The number of ether oxygens (including phenoxy) is 2. The van der Waals surface area contributed by atoms with Gasteiger partial charge in [-0.3, -0.25) is 4.84 Å². The highest BCUT2D eigenvalue weighted by Crippen LogP contribution is 2.24. The number of hydrogen-bond acceptors (Lipinski definition) is 8. The third kappa shape index (κ3) is 17.1. The molecule has 0 aromatic heterocycles. The van der Waals surface area contributed by atoms with Gasteiger partial charge in [-0.25, -0.2) is 5.48 Å². The van der Waals surface area contributed by atoms with Crippen LogP contribution in [0.3, 0.4) is 0 Å². The topological polar surface area (TPSA) is 121 Å². The highest BCUT2D eigenvalue weighted by atomic mass is 16.7. The molecule has 1 heterocycles. The van der Waals surface area contributed by atoms with Gasteiger partial charge >= 0.3 is 0 Å². The van der Waals surface area contributed by atoms with Crippen molar-refractivity contribution in [2.45, 2.75) is 166 Å². The quantitative estimate of drug-likeness (QED) is 0.0842. The zero-order valence-electron chi connectivity index (χ0n) is 23.8. The molecule has 1 rings (SSSR count). The first-order chi connectivity index (χ1) is 18.0. The van der Waals surface area contributed by atoms with Gasteiger partial charge in [0.25, 0.3) is 0 Å². The van der Waals surface area contributed by atoms with Crippen molar-refractivity contribution in [2.75, 3.05) is 19.8 Å². The fraction of sp³-hybridized carbons (Fsp3) is 1.00. The van der Waals surface area contributed by atoms with Crippen LogP contribution in [-0.4, -0.2) is 77.0 Å². The predicted molar refractivity (Wildman–Crippen MR) is 147 cm³/mol. The Balaban J connectivity index is 1.96. The van der Waals surface area contributed by atoms with Crippen LogP contribution in [0, 0.1) is 0 Å². The molecular formula is C29H59NO7. The number of hydroxylamine groups is 1. The Bertz CT molecular complexity index is 497. The van der Waals surface area contributed by atoms with Gasteiger partial charge in [-0.15, -0.1) is 0 Å². The van der Waals surface area contributed by atoms with E-state index in [1.54, 1.807) is 6.92 Å². The highest BCUT2D eigenvalue weighted by molar-refractivity contribution is 4.90. The van der Waals surface area contributed by atoms with Gasteiger partial charge in [0.2, 0.25) is 0 Å². The van der Waals surface area contributed by atoms with Crippen LogP contribution in [-0.2, 0) is 14.3 Å². The first kappa shape index (κ1) is 34.7. The van der Waals surface area contributed by atoms with E-state index >= 15 is 0 Å². The van der Waals surface area contributed by atoms with Crippen molar-refractivity contribution < 1.29 is 34.7 Å². The van der Waals surface area contributed by atoms with Gasteiger partial charge in [0.05, 0.1) is 19.3 Å². The van der Waals surface area contributed by atoms with Crippen molar-refractivity contribution >= 4 is 0 Å². The van der Waals surface area contributed by atoms with E-state index in [1.165, 1.54) is 103 Å². The van der Waals surface area contributed by atoms with Gasteiger partial charge in [-0.1, -0.05) is 116 Å². The maximum Gasteiger partial charge on any atom is 0.186 e. The van der Waals surface area contributed by atoms with Crippen LogP contribution in [0.15, 0.2) is 0 Å². The molecule has 0 saturated carbocycles. The number of aliphatic hydroxyl groups is 4. The van der Waals surface area contributed by atoms with Crippen molar-refractivity contribution in [1.29, 1.82) is 0 Å². The summed E-state index contributed by atoms with van der Waals surface area (Å²) < 4.78 is 10.8. The van der Waals surface area contributed by atoms with Gasteiger partial charge in [-0.05, 0) is 13.3 Å². The van der Waals surface area contributed by atoms with Gasteiger partial charge in [0.1, 0.15) is 18.3 Å². The molecule has 1 fully saturated rings. The summed E-state index contributed by atoms with van der Waals surface area (Å²) >= 11 is 0. The molecule has 0 bridgehead atoms. The molecule has 0 aromatic carbocycles. The van der Waals surface area contributed by atoms with Gasteiger partial charge < -0.3 is 29.9 Å². The smallest absolute Gasteiger partial charge is 0.186 e. The van der Waals surface area contributed by atoms with E-state index in [1.807, 2.05) is 0 Å². The fourth-order valence-corrected chi connectivity index (χ4v) is 4.88. The zero-order chi connectivity index (χ0) is 27.1. The molecule has 37 heavy (non-hydrogen) atoms. The predicted octanol–water partition coefficient (Wildman–Crippen LogP) is 4.75. The Labute approximate surface area is 226 Å². The van der Waals surface area contributed by atoms with Crippen LogP contribution >= 0.6 is 0 Å². The van der Waals surface area contributed by atoms with Gasteiger partial charge in [0, 0.05) is 6.54 Å². The van der Waals surface area contributed by atoms with Crippen molar-refractivity contribution in [1.82, 2.24) is 5.48 Å². The number of rotatable bonds is 25. The lowest BCUT2D eigenvalue weighted by Gasteiger charge is -2.41. The van der Waals surface area contributed by atoms with Crippen molar-refractivity contribution in [2.24, 2.45) is 0 Å². The Morgan fingerprint density at radius 1 is 0.730 bits per heavy atom. The van der Waals surface area contributed by atoms with Crippen LogP contribution in [0.4, 0.5) is 0 Å². The summed E-state index contributed by atoms with van der Waals surface area (Å²) in [7, 11) is 0. The Kier molecular flexibility index (Phi) is 22.1. The average Bonchev–Trinajstić information content (AvgIpc) is 2.88. The molecule has 6 atom stereocenters. The molecule has 222 valence electrons. The van der Waals surface area contributed by atoms with Crippen molar-refractivity contribution in [3.63, 3.8) is 0 Å². The number of aliphatic hydroxyl groups excluding tert-OH is 4. The van der Waals surface area contributed by atoms with Gasteiger partial charge in [0.15, 0.2) is 12.4 Å². The van der Waals surface area contributed by atoms with E-state index in [-0.39, 0.29) is 6.61 Å². The summed E-state index contributed by atoms with van der Waals surface area (Å²) in [6.07, 6.45) is 17.8. The lowest BCUT2D eigenvalue weighted by Crippen LogP contribution is -2.61. The maximum atomic E-state index is 10.4. The van der Waals surface area contributed by atoms with Crippen LogP contribution in [0.5, 0.6) is 0 Å². The normalized spacial score (nSPS) is 25.0. The zero-order valence-corrected chi connectivity index (χ0v) is 23.8. The molecule has 0 aliphatic carbocycles. The molecule has 0 aromatic rings. The lowest BCUT2D eigenvalue weighted by atomic mass is 9.99. The molecule has 0 spiro atoms. The molecule has 1 unspecified atom stereocenters. The molecule has 1 saturated heterocycles. The van der Waals surface area contributed by atoms with Crippen LogP contribution in [0.2, 0.25) is 0 Å². The van der Waals surface area contributed by atoms with Crippen LogP contribution in [0.25, 0.3) is 0 Å². The molecular weight excluding hydrogens is 474 g/mol. The first-order valence-corrected chi connectivity index (χ1v) is 15.3. The molecule has 1 aliphatic rings. The Morgan fingerprint density at radius 3 is 1.62 bits per heavy atom. The summed E-state index contributed by atoms with van der Waals surface area (Å²) in [6, 6.07) is 0. The summed E-state index contributed by atoms with van der Waals surface area (Å²) in [6.45, 7) is 3.98. The van der Waals surface area contributed by atoms with E-state index in [0.717, 1.165) is 12.8 Å². The fourth-order valence-electron chi connectivity index (χ4n) is 4.88. The van der Waals surface area contributed by atoms with E-state index in [4.69, 9.17) is 14.3 Å². The summed E-state index contributed by atoms with van der Waals surface area (Å²) in [5.74, 6) is 0. The largest absolute Gasteiger partial charge is 0.394 e. The minimum Gasteiger partial charge on any atom is -0.394 e. The minimum atomic E-state index is -1.35. The number of hydrogen-bond donors (Lipinski definition) is 5. The van der Waals surface area contributed by atoms with E-state index in [2.05, 4.69) is 12.4 Å². The summed E-state index contributed by atoms with van der Waals surface area (Å²) in [4.78, 5) is 5.56. The second-order valence-corrected chi connectivity index (χ2v) is 10.9. The van der Waals surface area contributed by atoms with Crippen molar-refractivity contribution in [3.8, 4) is 0 Å². The Hall–Kier alpha value is -0.320. The first-order valence-electron chi connectivity index (χ1n) is 15.3. The monoisotopic (exact) mass is 533 g/mol. The third-order valence-corrected chi connectivity index (χ3v) is 7.20. The molecule has 8 heteroatoms. The van der Waals surface area contributed by atoms with Crippen molar-refractivity contribution in [3.05, 3.63) is 0 Å². The number of unbranched alkanes of at least 4 members (excludes halogenated alkanes) is 17. The second-order valence-electron chi connectivity index (χ2n) is 10.9. The van der Waals surface area contributed by atoms with Gasteiger partial charge in [-0.2, -0.15) is 0 Å². The lowest BCUT2D eigenvalue weighted by molar-refractivity contribution is -0.315. The molecule has 0 amide bonds. The molecule has 0 radical (unpaired) electrons. The van der Waals surface area contributed by atoms with Crippen LogP contribution in [0.1, 0.15) is 129 Å². The SMILES string of the molecule is CCCCCCCCCCCCCCCCCCCCNO[C@@H]1[C@@H](OCC(C)O)[C@@H](O)[C@@H](CO)O[C@H]1O. The number of nitrogens with one attached hydrogen (secondary N) is 1. The van der Waals surface area contributed by atoms with E-state index < -0.39 is 43.4 Å². The third-order valence-electron chi connectivity index (χ3n) is 7.20.